The first-order chi connectivity index (χ1) is 7.50. The van der Waals surface area contributed by atoms with Crippen molar-refractivity contribution in [1.82, 2.24) is 0 Å². The molecule has 16 heavy (non-hydrogen) atoms. The second-order valence-electron chi connectivity index (χ2n) is 3.48. The average molecular weight is 218 g/mol. The lowest BCUT2D eigenvalue weighted by Gasteiger charge is -2.02. The predicted octanol–water partition coefficient (Wildman–Crippen LogP) is 1.36. The van der Waals surface area contributed by atoms with Crippen molar-refractivity contribution >= 4 is 23.5 Å². The van der Waals surface area contributed by atoms with Crippen molar-refractivity contribution in [1.29, 1.82) is 0 Å². The summed E-state index contributed by atoms with van der Waals surface area (Å²) in [6, 6.07) is 5.13. The topological polar surface area (TPSA) is 86.2 Å². The SMILES string of the molecule is CC(=O)c1cc(C=CCC(N)=O)ccc1N. The van der Waals surface area contributed by atoms with Crippen LogP contribution in [0.4, 0.5) is 5.69 Å². The minimum absolute atomic E-state index is 0.0809. The molecule has 0 aromatic heterocycles. The number of hydrogen-bond donors (Lipinski definition) is 2. The molecule has 0 fully saturated rings. The summed E-state index contributed by atoms with van der Waals surface area (Å²) in [6.45, 7) is 1.46. The minimum Gasteiger partial charge on any atom is -0.398 e. The molecule has 0 radical (unpaired) electrons. The third-order valence-electron chi connectivity index (χ3n) is 2.09. The monoisotopic (exact) mass is 218 g/mol. The van der Waals surface area contributed by atoms with Crippen LogP contribution in [-0.2, 0) is 4.79 Å². The number of ketones is 1. The Hall–Kier alpha value is -2.10. The lowest BCUT2D eigenvalue weighted by Crippen LogP contribution is -2.07. The number of amides is 1. The number of carbonyl (C=O) groups is 2. The second-order valence-corrected chi connectivity index (χ2v) is 3.48. The average Bonchev–Trinajstić information content (AvgIpc) is 2.19. The molecule has 4 heteroatoms. The van der Waals surface area contributed by atoms with Gasteiger partial charge in [0, 0.05) is 17.7 Å². The molecule has 0 atom stereocenters. The zero-order valence-electron chi connectivity index (χ0n) is 9.07. The molecule has 0 bridgehead atoms. The van der Waals surface area contributed by atoms with Crippen molar-refractivity contribution < 1.29 is 9.59 Å². The third-order valence-corrected chi connectivity index (χ3v) is 2.09. The van der Waals surface area contributed by atoms with Crippen LogP contribution in [0.2, 0.25) is 0 Å². The van der Waals surface area contributed by atoms with Gasteiger partial charge < -0.3 is 11.5 Å². The molecule has 0 aliphatic carbocycles. The zero-order valence-corrected chi connectivity index (χ0v) is 9.07. The van der Waals surface area contributed by atoms with E-state index in [0.29, 0.717) is 11.3 Å². The number of nitrogens with two attached hydrogens (primary N) is 2. The Morgan fingerprint density at radius 1 is 1.38 bits per heavy atom. The van der Waals surface area contributed by atoms with E-state index < -0.39 is 5.91 Å². The fourth-order valence-corrected chi connectivity index (χ4v) is 1.29. The smallest absolute Gasteiger partial charge is 0.221 e. The van der Waals surface area contributed by atoms with E-state index in [1.54, 1.807) is 30.4 Å². The molecule has 1 rings (SSSR count). The summed E-state index contributed by atoms with van der Waals surface area (Å²) in [4.78, 5) is 21.7. The number of hydrogen-bond acceptors (Lipinski definition) is 3. The highest BCUT2D eigenvalue weighted by Crippen LogP contribution is 2.15. The number of benzene rings is 1. The molecule has 0 unspecified atom stereocenters. The van der Waals surface area contributed by atoms with Gasteiger partial charge in [-0.05, 0) is 24.6 Å². The molecule has 1 aromatic carbocycles. The summed E-state index contributed by atoms with van der Waals surface area (Å²) < 4.78 is 0. The van der Waals surface area contributed by atoms with E-state index >= 15 is 0 Å². The van der Waals surface area contributed by atoms with E-state index in [2.05, 4.69) is 0 Å². The van der Waals surface area contributed by atoms with Crippen molar-refractivity contribution in [2.75, 3.05) is 5.73 Å². The largest absolute Gasteiger partial charge is 0.398 e. The summed E-state index contributed by atoms with van der Waals surface area (Å²) >= 11 is 0. The fourth-order valence-electron chi connectivity index (χ4n) is 1.29. The Bertz CT molecular complexity index is 450. The van der Waals surface area contributed by atoms with Gasteiger partial charge in [0.25, 0.3) is 0 Å². The molecule has 4 nitrogen and oxygen atoms in total. The summed E-state index contributed by atoms with van der Waals surface area (Å²) in [5, 5.41) is 0. The highest BCUT2D eigenvalue weighted by Gasteiger charge is 2.04. The van der Waals surface area contributed by atoms with Crippen molar-refractivity contribution in [3.8, 4) is 0 Å². The molecule has 1 aromatic rings. The third kappa shape index (κ3) is 3.24. The number of primary amides is 1. The van der Waals surface area contributed by atoms with Crippen LogP contribution in [0.1, 0.15) is 29.3 Å². The maximum atomic E-state index is 11.2. The van der Waals surface area contributed by atoms with Crippen molar-refractivity contribution in [3.63, 3.8) is 0 Å². The first-order valence-corrected chi connectivity index (χ1v) is 4.86. The molecular formula is C12H14N2O2. The molecule has 0 saturated heterocycles. The van der Waals surface area contributed by atoms with Crippen LogP contribution < -0.4 is 11.5 Å². The summed E-state index contributed by atoms with van der Waals surface area (Å²) in [5.41, 5.74) is 12.4. The number of carbonyl (C=O) groups excluding carboxylic acids is 2. The van der Waals surface area contributed by atoms with Gasteiger partial charge in [-0.25, -0.2) is 0 Å². The molecular weight excluding hydrogens is 204 g/mol. The Kier molecular flexibility index (Phi) is 3.83. The van der Waals surface area contributed by atoms with Gasteiger partial charge >= 0.3 is 0 Å². The summed E-state index contributed by atoms with van der Waals surface area (Å²) in [5.74, 6) is -0.471. The van der Waals surface area contributed by atoms with Gasteiger partial charge in [0.05, 0.1) is 0 Å². The van der Waals surface area contributed by atoms with Crippen LogP contribution in [0.3, 0.4) is 0 Å². The van der Waals surface area contributed by atoms with E-state index in [1.807, 2.05) is 0 Å². The lowest BCUT2D eigenvalue weighted by atomic mass is 10.1. The van der Waals surface area contributed by atoms with Crippen LogP contribution >= 0.6 is 0 Å². The van der Waals surface area contributed by atoms with E-state index in [4.69, 9.17) is 11.5 Å². The molecule has 0 aliphatic heterocycles. The fraction of sp³-hybridized carbons (Fsp3) is 0.167. The van der Waals surface area contributed by atoms with Gasteiger partial charge in [-0.15, -0.1) is 0 Å². The van der Waals surface area contributed by atoms with Gasteiger partial charge in [0.1, 0.15) is 0 Å². The van der Waals surface area contributed by atoms with E-state index in [0.717, 1.165) is 5.56 Å². The zero-order chi connectivity index (χ0) is 12.1. The number of Topliss-reactive ketones (excluding diaryl/α,β-unsaturated/α-hetero) is 1. The first kappa shape index (κ1) is 12.0. The van der Waals surface area contributed by atoms with Crippen molar-refractivity contribution in [3.05, 3.63) is 35.4 Å². The normalized spacial score (nSPS) is 10.6. The number of rotatable bonds is 4. The van der Waals surface area contributed by atoms with Crippen molar-refractivity contribution in [2.45, 2.75) is 13.3 Å². The lowest BCUT2D eigenvalue weighted by molar-refractivity contribution is -0.117. The molecule has 0 spiro atoms. The Morgan fingerprint density at radius 3 is 2.62 bits per heavy atom. The van der Waals surface area contributed by atoms with Crippen LogP contribution in [-0.4, -0.2) is 11.7 Å². The Balaban J connectivity index is 2.91. The van der Waals surface area contributed by atoms with Gasteiger partial charge in [-0.1, -0.05) is 18.2 Å². The van der Waals surface area contributed by atoms with Crippen LogP contribution in [0.25, 0.3) is 6.08 Å². The number of anilines is 1. The van der Waals surface area contributed by atoms with Gasteiger partial charge in [-0.2, -0.15) is 0 Å². The standard InChI is InChI=1S/C12H14N2O2/c1-8(15)10-7-9(5-6-11(10)13)3-2-4-12(14)16/h2-3,5-7H,4,13H2,1H3,(H2,14,16). The highest BCUT2D eigenvalue weighted by molar-refractivity contribution is 5.99. The van der Waals surface area contributed by atoms with Crippen LogP contribution in [0, 0.1) is 0 Å². The number of nitrogen functional groups attached to an aromatic ring is 1. The van der Waals surface area contributed by atoms with E-state index in [-0.39, 0.29) is 12.2 Å². The molecule has 4 N–H and O–H groups in total. The summed E-state index contributed by atoms with van der Waals surface area (Å²) in [7, 11) is 0. The van der Waals surface area contributed by atoms with Crippen LogP contribution in [0.5, 0.6) is 0 Å². The quantitative estimate of drug-likeness (QED) is 0.591. The van der Waals surface area contributed by atoms with Gasteiger partial charge in [-0.3, -0.25) is 9.59 Å². The molecule has 1 amide bonds. The second kappa shape index (κ2) is 5.11. The Labute approximate surface area is 93.9 Å². The summed E-state index contributed by atoms with van der Waals surface area (Å²) in [6.07, 6.45) is 3.56. The molecule has 0 aliphatic rings. The highest BCUT2D eigenvalue weighted by atomic mass is 16.1. The first-order valence-electron chi connectivity index (χ1n) is 4.86. The van der Waals surface area contributed by atoms with E-state index in [1.165, 1.54) is 6.92 Å². The molecule has 0 heterocycles. The molecule has 0 saturated carbocycles. The van der Waals surface area contributed by atoms with Crippen molar-refractivity contribution in [2.24, 2.45) is 5.73 Å². The van der Waals surface area contributed by atoms with Crippen LogP contribution in [0.15, 0.2) is 24.3 Å². The van der Waals surface area contributed by atoms with E-state index in [9.17, 15) is 9.59 Å². The van der Waals surface area contributed by atoms with Gasteiger partial charge in [0.15, 0.2) is 5.78 Å². The maximum Gasteiger partial charge on any atom is 0.221 e. The van der Waals surface area contributed by atoms with Gasteiger partial charge in [0.2, 0.25) is 5.91 Å². The molecule has 84 valence electrons. The predicted molar refractivity (Wildman–Crippen MR) is 63.7 cm³/mol. The maximum absolute atomic E-state index is 11.2. The Morgan fingerprint density at radius 2 is 2.06 bits per heavy atom. The minimum atomic E-state index is -0.390.